The summed E-state index contributed by atoms with van der Waals surface area (Å²) in [5, 5.41) is 3.30. The van der Waals surface area contributed by atoms with Gasteiger partial charge < -0.3 is 9.73 Å². The maximum atomic E-state index is 5.55. The Labute approximate surface area is 103 Å². The number of furan rings is 1. The van der Waals surface area contributed by atoms with E-state index < -0.39 is 0 Å². The molecule has 1 N–H and O–H groups in total. The molecule has 2 rings (SSSR count). The molecule has 0 fully saturated rings. The molecule has 2 aromatic rings. The second-order valence-corrected chi connectivity index (χ2v) is 4.36. The molecule has 90 valence electrons. The molecule has 2 heteroatoms. The fourth-order valence-electron chi connectivity index (χ4n) is 1.98. The summed E-state index contributed by atoms with van der Waals surface area (Å²) < 4.78 is 5.55. The molecule has 0 bridgehead atoms. The molecule has 0 aliphatic rings. The molecule has 0 aliphatic carbocycles. The minimum atomic E-state index is 0.784. The highest BCUT2D eigenvalue weighted by Crippen LogP contribution is 2.28. The van der Waals surface area contributed by atoms with Crippen molar-refractivity contribution in [1.82, 2.24) is 5.32 Å². The molecule has 1 heterocycles. The van der Waals surface area contributed by atoms with Gasteiger partial charge in [0.25, 0.3) is 0 Å². The van der Waals surface area contributed by atoms with Gasteiger partial charge in [0.1, 0.15) is 5.76 Å². The fourth-order valence-corrected chi connectivity index (χ4v) is 1.98. The first kappa shape index (κ1) is 11.9. The molecule has 0 atom stereocenters. The van der Waals surface area contributed by atoms with Crippen molar-refractivity contribution >= 4 is 0 Å². The Morgan fingerprint density at radius 3 is 2.71 bits per heavy atom. The average Bonchev–Trinajstić information content (AvgIpc) is 2.77. The highest BCUT2D eigenvalue weighted by Gasteiger charge is 2.10. The minimum absolute atomic E-state index is 0.784. The van der Waals surface area contributed by atoms with Crippen LogP contribution in [0.3, 0.4) is 0 Å². The second kappa shape index (κ2) is 5.19. The van der Waals surface area contributed by atoms with Crippen molar-refractivity contribution in [3.05, 3.63) is 47.4 Å². The third kappa shape index (κ3) is 2.59. The first-order valence-electron chi connectivity index (χ1n) is 6.07. The summed E-state index contributed by atoms with van der Waals surface area (Å²) in [7, 11) is 0. The zero-order chi connectivity index (χ0) is 12.3. The van der Waals surface area contributed by atoms with Crippen LogP contribution in [0.2, 0.25) is 0 Å². The summed E-state index contributed by atoms with van der Waals surface area (Å²) in [6.07, 6.45) is 1.77. The van der Waals surface area contributed by atoms with Crippen molar-refractivity contribution in [2.24, 2.45) is 0 Å². The summed E-state index contributed by atoms with van der Waals surface area (Å²) in [6, 6.07) is 8.57. The van der Waals surface area contributed by atoms with Gasteiger partial charge in [-0.3, -0.25) is 0 Å². The lowest BCUT2D eigenvalue weighted by Crippen LogP contribution is -2.11. The van der Waals surface area contributed by atoms with Crippen molar-refractivity contribution in [2.75, 3.05) is 6.54 Å². The monoisotopic (exact) mass is 229 g/mol. The molecule has 1 aromatic heterocycles. The van der Waals surface area contributed by atoms with E-state index in [0.717, 1.165) is 18.8 Å². The van der Waals surface area contributed by atoms with E-state index in [1.807, 2.05) is 0 Å². The standard InChI is InChI=1S/C15H19NO/c1-4-16-10-15-13(7-8-17-15)14-9-11(2)5-6-12(14)3/h5-9,16H,4,10H2,1-3H3. The Balaban J connectivity index is 2.38. The van der Waals surface area contributed by atoms with Crippen LogP contribution >= 0.6 is 0 Å². The van der Waals surface area contributed by atoms with E-state index in [-0.39, 0.29) is 0 Å². The van der Waals surface area contributed by atoms with Crippen molar-refractivity contribution in [1.29, 1.82) is 0 Å². The van der Waals surface area contributed by atoms with Gasteiger partial charge in [0.05, 0.1) is 12.8 Å². The lowest BCUT2D eigenvalue weighted by Gasteiger charge is -2.08. The molecule has 1 aromatic carbocycles. The summed E-state index contributed by atoms with van der Waals surface area (Å²) in [6.45, 7) is 8.09. The normalized spacial score (nSPS) is 10.8. The fraction of sp³-hybridized carbons (Fsp3) is 0.333. The van der Waals surface area contributed by atoms with Gasteiger partial charge in [-0.05, 0) is 37.6 Å². The summed E-state index contributed by atoms with van der Waals surface area (Å²) in [5.41, 5.74) is 5.04. The maximum Gasteiger partial charge on any atom is 0.125 e. The number of rotatable bonds is 4. The Kier molecular flexibility index (Phi) is 3.64. The van der Waals surface area contributed by atoms with Gasteiger partial charge in [-0.25, -0.2) is 0 Å². The lowest BCUT2D eigenvalue weighted by atomic mass is 9.99. The van der Waals surface area contributed by atoms with Crippen LogP contribution in [0.1, 0.15) is 23.8 Å². The quantitative estimate of drug-likeness (QED) is 0.865. The third-order valence-electron chi connectivity index (χ3n) is 2.96. The van der Waals surface area contributed by atoms with Crippen LogP contribution < -0.4 is 5.32 Å². The van der Waals surface area contributed by atoms with Crippen molar-refractivity contribution in [3.8, 4) is 11.1 Å². The average molecular weight is 229 g/mol. The van der Waals surface area contributed by atoms with Crippen LogP contribution in [0.15, 0.2) is 34.9 Å². The van der Waals surface area contributed by atoms with Crippen LogP contribution in [0.4, 0.5) is 0 Å². The van der Waals surface area contributed by atoms with E-state index in [2.05, 4.69) is 50.4 Å². The summed E-state index contributed by atoms with van der Waals surface area (Å²) in [5.74, 6) is 1.01. The molecule has 0 spiro atoms. The molecule has 0 unspecified atom stereocenters. The van der Waals surface area contributed by atoms with Gasteiger partial charge in [-0.2, -0.15) is 0 Å². The second-order valence-electron chi connectivity index (χ2n) is 4.36. The highest BCUT2D eigenvalue weighted by atomic mass is 16.3. The largest absolute Gasteiger partial charge is 0.467 e. The predicted molar refractivity (Wildman–Crippen MR) is 71.0 cm³/mol. The Bertz CT molecular complexity index is 499. The zero-order valence-corrected chi connectivity index (χ0v) is 10.7. The Hall–Kier alpha value is -1.54. The number of hydrogen-bond acceptors (Lipinski definition) is 2. The van der Waals surface area contributed by atoms with Crippen molar-refractivity contribution < 1.29 is 4.42 Å². The minimum Gasteiger partial charge on any atom is -0.467 e. The molecular formula is C15H19NO. The topological polar surface area (TPSA) is 25.2 Å². The van der Waals surface area contributed by atoms with Gasteiger partial charge in [0.2, 0.25) is 0 Å². The SMILES string of the molecule is CCNCc1occc1-c1cc(C)ccc1C. The van der Waals surface area contributed by atoms with Gasteiger partial charge in [-0.1, -0.05) is 30.7 Å². The number of hydrogen-bond donors (Lipinski definition) is 1. The van der Waals surface area contributed by atoms with E-state index in [0.29, 0.717) is 0 Å². The summed E-state index contributed by atoms with van der Waals surface area (Å²) in [4.78, 5) is 0. The lowest BCUT2D eigenvalue weighted by molar-refractivity contribution is 0.489. The van der Waals surface area contributed by atoms with Crippen molar-refractivity contribution in [3.63, 3.8) is 0 Å². The molecular weight excluding hydrogens is 210 g/mol. The summed E-state index contributed by atoms with van der Waals surface area (Å²) >= 11 is 0. The van der Waals surface area contributed by atoms with Crippen LogP contribution in [0.25, 0.3) is 11.1 Å². The molecule has 17 heavy (non-hydrogen) atoms. The molecule has 0 saturated heterocycles. The molecule has 0 aliphatic heterocycles. The van der Waals surface area contributed by atoms with Gasteiger partial charge >= 0.3 is 0 Å². The molecule has 0 radical (unpaired) electrons. The number of aryl methyl sites for hydroxylation is 2. The van der Waals surface area contributed by atoms with Crippen LogP contribution in [0, 0.1) is 13.8 Å². The molecule has 2 nitrogen and oxygen atoms in total. The van der Waals surface area contributed by atoms with Gasteiger partial charge in [0.15, 0.2) is 0 Å². The maximum absolute atomic E-state index is 5.55. The van der Waals surface area contributed by atoms with Crippen LogP contribution in [-0.2, 0) is 6.54 Å². The van der Waals surface area contributed by atoms with E-state index in [1.54, 1.807) is 6.26 Å². The molecule has 0 saturated carbocycles. The highest BCUT2D eigenvalue weighted by molar-refractivity contribution is 5.69. The smallest absolute Gasteiger partial charge is 0.125 e. The van der Waals surface area contributed by atoms with Gasteiger partial charge in [0, 0.05) is 5.56 Å². The van der Waals surface area contributed by atoms with E-state index in [1.165, 1.54) is 22.3 Å². The number of nitrogens with one attached hydrogen (secondary N) is 1. The number of benzene rings is 1. The predicted octanol–water partition coefficient (Wildman–Crippen LogP) is 3.67. The zero-order valence-electron chi connectivity index (χ0n) is 10.7. The van der Waals surface area contributed by atoms with Gasteiger partial charge in [-0.15, -0.1) is 0 Å². The third-order valence-corrected chi connectivity index (χ3v) is 2.96. The Morgan fingerprint density at radius 2 is 1.94 bits per heavy atom. The van der Waals surface area contributed by atoms with Crippen molar-refractivity contribution in [2.45, 2.75) is 27.3 Å². The van der Waals surface area contributed by atoms with E-state index in [9.17, 15) is 0 Å². The van der Waals surface area contributed by atoms with Crippen LogP contribution in [0.5, 0.6) is 0 Å². The van der Waals surface area contributed by atoms with Crippen LogP contribution in [-0.4, -0.2) is 6.54 Å². The van der Waals surface area contributed by atoms with E-state index >= 15 is 0 Å². The first-order valence-corrected chi connectivity index (χ1v) is 6.07. The Morgan fingerprint density at radius 1 is 1.12 bits per heavy atom. The van der Waals surface area contributed by atoms with E-state index in [4.69, 9.17) is 4.42 Å². The first-order chi connectivity index (χ1) is 8.22. The molecule has 0 amide bonds.